The van der Waals surface area contributed by atoms with Crippen LogP contribution in [0.4, 0.5) is 0 Å². The normalized spacial score (nSPS) is 10.5. The van der Waals surface area contributed by atoms with Gasteiger partial charge in [-0.25, -0.2) is 4.79 Å². The van der Waals surface area contributed by atoms with Crippen molar-refractivity contribution in [2.24, 2.45) is 0 Å². The van der Waals surface area contributed by atoms with Gasteiger partial charge in [0.05, 0.1) is 11.3 Å². The maximum Gasteiger partial charge on any atom is 0.488 e. The van der Waals surface area contributed by atoms with E-state index in [4.69, 9.17) is 15.2 Å². The lowest BCUT2D eigenvalue weighted by atomic mass is 9.80. The van der Waals surface area contributed by atoms with E-state index in [9.17, 15) is 4.79 Å². The Morgan fingerprint density at radius 1 is 1.00 bits per heavy atom. The molecule has 3 aromatic rings. The van der Waals surface area contributed by atoms with Gasteiger partial charge >= 0.3 is 13.1 Å². The largest absolute Gasteiger partial charge is 0.488 e. The van der Waals surface area contributed by atoms with Crippen LogP contribution < -0.4 is 5.46 Å². The van der Waals surface area contributed by atoms with Crippen molar-refractivity contribution in [3.05, 3.63) is 54.1 Å². The summed E-state index contributed by atoms with van der Waals surface area (Å²) in [4.78, 5) is 12.1. The molecule has 23 heavy (non-hydrogen) atoms. The van der Waals surface area contributed by atoms with E-state index in [-0.39, 0.29) is 5.56 Å². The Hall–Kier alpha value is -3.04. The third kappa shape index (κ3) is 3.10. The van der Waals surface area contributed by atoms with E-state index in [2.05, 4.69) is 15.4 Å². The second kappa shape index (κ2) is 5.99. The van der Waals surface area contributed by atoms with Crippen LogP contribution in [0.25, 0.3) is 17.1 Å². The topological polar surface area (TPSA) is 121 Å². The summed E-state index contributed by atoms with van der Waals surface area (Å²) < 4.78 is 0. The Morgan fingerprint density at radius 2 is 1.65 bits per heavy atom. The van der Waals surface area contributed by atoms with E-state index >= 15 is 0 Å². The summed E-state index contributed by atoms with van der Waals surface area (Å²) in [6.07, 6.45) is 0. The van der Waals surface area contributed by atoms with E-state index in [1.165, 1.54) is 16.9 Å². The summed E-state index contributed by atoms with van der Waals surface area (Å²) in [6.45, 7) is 0. The summed E-state index contributed by atoms with van der Waals surface area (Å²) in [5.74, 6) is -0.646. The molecule has 0 unspecified atom stereocenters. The molecule has 1 heterocycles. The number of aromatic nitrogens is 4. The first kappa shape index (κ1) is 14.9. The van der Waals surface area contributed by atoms with Crippen molar-refractivity contribution in [2.45, 2.75) is 0 Å². The molecule has 3 rings (SSSR count). The molecule has 0 fully saturated rings. The average Bonchev–Trinajstić information content (AvgIpc) is 3.05. The molecule has 0 radical (unpaired) electrons. The third-order valence-corrected chi connectivity index (χ3v) is 3.23. The minimum absolute atomic E-state index is 0.180. The molecule has 9 heteroatoms. The molecule has 2 aromatic carbocycles. The lowest BCUT2D eigenvalue weighted by Crippen LogP contribution is -2.29. The van der Waals surface area contributed by atoms with Gasteiger partial charge in [0.2, 0.25) is 5.82 Å². The molecular weight excluding hydrogens is 299 g/mol. The highest BCUT2D eigenvalue weighted by Gasteiger charge is 2.12. The van der Waals surface area contributed by atoms with Crippen LogP contribution in [0.5, 0.6) is 0 Å². The van der Waals surface area contributed by atoms with Crippen molar-refractivity contribution < 1.29 is 19.9 Å². The predicted octanol–water partition coefficient (Wildman–Crippen LogP) is -0.293. The minimum Gasteiger partial charge on any atom is -0.478 e. The second-order valence-electron chi connectivity index (χ2n) is 4.75. The van der Waals surface area contributed by atoms with E-state index in [0.29, 0.717) is 22.5 Å². The highest BCUT2D eigenvalue weighted by Crippen LogP contribution is 2.15. The molecule has 0 saturated heterocycles. The first-order valence-electron chi connectivity index (χ1n) is 6.65. The highest BCUT2D eigenvalue weighted by molar-refractivity contribution is 6.58. The molecule has 0 aliphatic rings. The van der Waals surface area contributed by atoms with Crippen molar-refractivity contribution in [2.75, 3.05) is 0 Å². The van der Waals surface area contributed by atoms with Gasteiger partial charge in [-0.15, -0.1) is 15.0 Å². The van der Waals surface area contributed by atoms with Crippen LogP contribution in [0.3, 0.4) is 0 Å². The van der Waals surface area contributed by atoms with Gasteiger partial charge in [-0.2, -0.15) is 0 Å². The molecule has 3 N–H and O–H groups in total. The van der Waals surface area contributed by atoms with Crippen molar-refractivity contribution in [3.8, 4) is 17.1 Å². The van der Waals surface area contributed by atoms with Crippen LogP contribution in [-0.4, -0.2) is 48.4 Å². The Balaban J connectivity index is 1.86. The summed E-state index contributed by atoms with van der Waals surface area (Å²) >= 11 is 0. The Morgan fingerprint density at radius 3 is 2.22 bits per heavy atom. The Kier molecular flexibility index (Phi) is 3.88. The van der Waals surface area contributed by atoms with Crippen LogP contribution in [0, 0.1) is 0 Å². The van der Waals surface area contributed by atoms with Gasteiger partial charge < -0.3 is 15.2 Å². The fraction of sp³-hybridized carbons (Fsp3) is 0. The number of carbonyl (C=O) groups is 1. The summed E-state index contributed by atoms with van der Waals surface area (Å²) in [7, 11) is -1.53. The number of aromatic carboxylic acids is 1. The number of benzene rings is 2. The number of hydrogen-bond donors (Lipinski definition) is 3. The Labute approximate surface area is 130 Å². The van der Waals surface area contributed by atoms with Gasteiger partial charge in [-0.3, -0.25) is 0 Å². The van der Waals surface area contributed by atoms with Gasteiger partial charge in [0.15, 0.2) is 0 Å². The number of rotatable bonds is 4. The fourth-order valence-corrected chi connectivity index (χ4v) is 1.98. The zero-order valence-corrected chi connectivity index (χ0v) is 11.7. The highest BCUT2D eigenvalue weighted by atomic mass is 16.4. The van der Waals surface area contributed by atoms with Crippen molar-refractivity contribution in [1.29, 1.82) is 0 Å². The lowest BCUT2D eigenvalue weighted by Gasteiger charge is -2.01. The summed E-state index contributed by atoms with van der Waals surface area (Å²) in [6, 6.07) is 12.5. The fourth-order valence-electron chi connectivity index (χ4n) is 1.98. The van der Waals surface area contributed by atoms with Crippen LogP contribution in [0.2, 0.25) is 0 Å². The smallest absolute Gasteiger partial charge is 0.478 e. The molecule has 0 aliphatic carbocycles. The van der Waals surface area contributed by atoms with Crippen LogP contribution in [0.15, 0.2) is 48.5 Å². The van der Waals surface area contributed by atoms with E-state index in [1.807, 2.05) is 0 Å². The van der Waals surface area contributed by atoms with Gasteiger partial charge in [0.25, 0.3) is 0 Å². The molecule has 114 valence electrons. The molecule has 0 spiro atoms. The van der Waals surface area contributed by atoms with Gasteiger partial charge in [-0.1, -0.05) is 24.3 Å². The molecule has 1 aromatic heterocycles. The molecule has 0 atom stereocenters. The standard InChI is InChI=1S/C14H11BN4O4/c20-14(21)10-3-1-9(2-4-10)13-16-18-19(17-13)12-7-5-11(6-8-12)15(22)23/h1-8,22-23H,(H,20,21). The molecule has 0 amide bonds. The zero-order chi connectivity index (χ0) is 16.4. The number of carboxylic acids is 1. The van der Waals surface area contributed by atoms with Crippen LogP contribution in [0.1, 0.15) is 10.4 Å². The van der Waals surface area contributed by atoms with E-state index in [1.54, 1.807) is 36.4 Å². The first-order chi connectivity index (χ1) is 11.0. The molecule has 0 bridgehead atoms. The van der Waals surface area contributed by atoms with Crippen molar-refractivity contribution in [1.82, 2.24) is 20.2 Å². The van der Waals surface area contributed by atoms with Gasteiger partial charge in [0, 0.05) is 5.56 Å². The molecule has 0 aliphatic heterocycles. The maximum atomic E-state index is 10.8. The number of tetrazole rings is 1. The monoisotopic (exact) mass is 310 g/mol. The van der Waals surface area contributed by atoms with Crippen LogP contribution in [-0.2, 0) is 0 Å². The summed E-state index contributed by atoms with van der Waals surface area (Å²) in [5, 5.41) is 39.1. The lowest BCUT2D eigenvalue weighted by molar-refractivity contribution is 0.0697. The quantitative estimate of drug-likeness (QED) is 0.566. The zero-order valence-electron chi connectivity index (χ0n) is 11.7. The predicted molar refractivity (Wildman–Crippen MR) is 81.4 cm³/mol. The number of nitrogens with zero attached hydrogens (tertiary/aromatic N) is 4. The second-order valence-corrected chi connectivity index (χ2v) is 4.75. The minimum atomic E-state index is -1.53. The van der Waals surface area contributed by atoms with Crippen molar-refractivity contribution >= 4 is 18.6 Å². The number of hydrogen-bond acceptors (Lipinski definition) is 6. The van der Waals surface area contributed by atoms with E-state index in [0.717, 1.165) is 0 Å². The van der Waals surface area contributed by atoms with E-state index < -0.39 is 13.1 Å². The van der Waals surface area contributed by atoms with Crippen LogP contribution >= 0.6 is 0 Å². The van der Waals surface area contributed by atoms with Gasteiger partial charge in [0.1, 0.15) is 0 Å². The summed E-state index contributed by atoms with van der Waals surface area (Å²) in [5.41, 5.74) is 1.79. The molecule has 8 nitrogen and oxygen atoms in total. The first-order valence-corrected chi connectivity index (χ1v) is 6.65. The third-order valence-electron chi connectivity index (χ3n) is 3.23. The average molecular weight is 310 g/mol. The SMILES string of the molecule is O=C(O)c1ccc(-c2nnn(-c3ccc(B(O)O)cc3)n2)cc1. The van der Waals surface area contributed by atoms with Crippen molar-refractivity contribution in [3.63, 3.8) is 0 Å². The maximum absolute atomic E-state index is 10.8. The molecule has 0 saturated carbocycles. The number of carboxylic acid groups (broad SMARTS) is 1. The molecular formula is C14H11BN4O4. The van der Waals surface area contributed by atoms with Gasteiger partial charge in [-0.05, 0) is 34.9 Å². The Bertz CT molecular complexity index is 831.